The second kappa shape index (κ2) is 6.01. The van der Waals surface area contributed by atoms with Crippen molar-refractivity contribution in [1.29, 1.82) is 0 Å². The molecule has 0 radical (unpaired) electrons. The Morgan fingerprint density at radius 2 is 2.29 bits per heavy atom. The van der Waals surface area contributed by atoms with Crippen LogP contribution in [0.2, 0.25) is 0 Å². The van der Waals surface area contributed by atoms with Gasteiger partial charge in [0.1, 0.15) is 0 Å². The minimum atomic E-state index is 0.677. The molecule has 3 unspecified atom stereocenters. The van der Waals surface area contributed by atoms with Crippen molar-refractivity contribution < 1.29 is 0 Å². The average Bonchev–Trinajstić information content (AvgIpc) is 2.38. The first-order valence-corrected chi connectivity index (χ1v) is 7.47. The van der Waals surface area contributed by atoms with Gasteiger partial charge in [-0.2, -0.15) is 0 Å². The van der Waals surface area contributed by atoms with Crippen molar-refractivity contribution in [2.45, 2.75) is 32.6 Å². The third kappa shape index (κ3) is 3.11. The maximum absolute atomic E-state index is 3.58. The van der Waals surface area contributed by atoms with Crippen LogP contribution in [0.4, 0.5) is 0 Å². The highest BCUT2D eigenvalue weighted by Gasteiger charge is 2.29. The first kappa shape index (κ1) is 13.1. The van der Waals surface area contributed by atoms with Crippen LogP contribution < -0.4 is 5.32 Å². The van der Waals surface area contributed by atoms with E-state index in [1.807, 2.05) is 0 Å². The van der Waals surface area contributed by atoms with Gasteiger partial charge in [0.2, 0.25) is 0 Å². The van der Waals surface area contributed by atoms with Crippen LogP contribution in [0.3, 0.4) is 0 Å². The van der Waals surface area contributed by atoms with E-state index in [-0.39, 0.29) is 0 Å². The van der Waals surface area contributed by atoms with Crippen molar-refractivity contribution in [2.24, 2.45) is 11.8 Å². The van der Waals surface area contributed by atoms with Gasteiger partial charge in [-0.1, -0.05) is 48.3 Å². The predicted octanol–water partition coefficient (Wildman–Crippen LogP) is 4.19. The van der Waals surface area contributed by atoms with E-state index in [0.717, 1.165) is 18.4 Å². The number of hydrogen-bond acceptors (Lipinski definition) is 1. The molecular weight excluding hydrogens is 274 g/mol. The lowest BCUT2D eigenvalue weighted by Gasteiger charge is -2.36. The molecule has 1 aromatic rings. The number of piperidine rings is 1. The van der Waals surface area contributed by atoms with Crippen LogP contribution >= 0.6 is 15.9 Å². The van der Waals surface area contributed by atoms with Crippen molar-refractivity contribution >= 4 is 15.9 Å². The van der Waals surface area contributed by atoms with Gasteiger partial charge >= 0.3 is 0 Å². The molecule has 2 heteroatoms. The molecule has 1 heterocycles. The molecule has 1 saturated heterocycles. The molecule has 1 aliphatic heterocycles. The fraction of sp³-hybridized carbons (Fsp3) is 0.600. The predicted molar refractivity (Wildman–Crippen MR) is 77.3 cm³/mol. The highest BCUT2D eigenvalue weighted by molar-refractivity contribution is 9.10. The summed E-state index contributed by atoms with van der Waals surface area (Å²) in [7, 11) is 0. The molecule has 0 spiro atoms. The number of halogens is 1. The fourth-order valence-corrected chi connectivity index (χ4v) is 3.38. The summed E-state index contributed by atoms with van der Waals surface area (Å²) in [6, 6.07) is 8.82. The third-order valence-electron chi connectivity index (χ3n) is 4.19. The molecule has 17 heavy (non-hydrogen) atoms. The largest absolute Gasteiger partial charge is 0.316 e. The summed E-state index contributed by atoms with van der Waals surface area (Å²) in [6.07, 6.45) is 2.60. The molecule has 1 nitrogen and oxygen atoms in total. The van der Waals surface area contributed by atoms with Crippen molar-refractivity contribution in [3.05, 3.63) is 34.3 Å². The molecule has 1 aromatic carbocycles. The highest BCUT2D eigenvalue weighted by atomic mass is 79.9. The monoisotopic (exact) mass is 295 g/mol. The van der Waals surface area contributed by atoms with E-state index in [1.54, 1.807) is 0 Å². The molecule has 0 aliphatic carbocycles. The standard InChI is InChI=1S/C15H22BrN/c1-3-11(2)14-7-8-17-10-15(14)12-5-4-6-13(16)9-12/h4-6,9,11,14-15,17H,3,7-8,10H2,1-2H3. The maximum Gasteiger partial charge on any atom is 0.0178 e. The summed E-state index contributed by atoms with van der Waals surface area (Å²) >= 11 is 3.58. The first-order valence-electron chi connectivity index (χ1n) is 6.68. The molecule has 2 rings (SSSR count). The van der Waals surface area contributed by atoms with Gasteiger partial charge < -0.3 is 5.32 Å². The van der Waals surface area contributed by atoms with Crippen molar-refractivity contribution in [3.63, 3.8) is 0 Å². The summed E-state index contributed by atoms with van der Waals surface area (Å²) in [6.45, 7) is 7.02. The van der Waals surface area contributed by atoms with E-state index in [2.05, 4.69) is 59.4 Å². The molecule has 1 aliphatic rings. The highest BCUT2D eigenvalue weighted by Crippen LogP contribution is 2.36. The van der Waals surface area contributed by atoms with E-state index in [4.69, 9.17) is 0 Å². The summed E-state index contributed by atoms with van der Waals surface area (Å²) in [5.74, 6) is 2.33. The molecule has 0 bridgehead atoms. The van der Waals surface area contributed by atoms with Crippen LogP contribution in [0, 0.1) is 11.8 Å². The smallest absolute Gasteiger partial charge is 0.0178 e. The molecule has 94 valence electrons. The molecule has 1 N–H and O–H groups in total. The van der Waals surface area contributed by atoms with Gasteiger partial charge in [0.25, 0.3) is 0 Å². The minimum Gasteiger partial charge on any atom is -0.316 e. The number of nitrogens with one attached hydrogen (secondary N) is 1. The summed E-state index contributed by atoms with van der Waals surface area (Å²) < 4.78 is 1.20. The zero-order valence-electron chi connectivity index (χ0n) is 10.7. The lowest BCUT2D eigenvalue weighted by atomic mass is 9.74. The Morgan fingerprint density at radius 3 is 3.00 bits per heavy atom. The maximum atomic E-state index is 3.58. The first-order chi connectivity index (χ1) is 8.22. The Balaban J connectivity index is 2.21. The zero-order chi connectivity index (χ0) is 12.3. The van der Waals surface area contributed by atoms with E-state index in [9.17, 15) is 0 Å². The van der Waals surface area contributed by atoms with Gasteiger partial charge in [-0.3, -0.25) is 0 Å². The Labute approximate surface area is 113 Å². The Hall–Kier alpha value is -0.340. The fourth-order valence-electron chi connectivity index (χ4n) is 2.96. The van der Waals surface area contributed by atoms with Crippen LogP contribution in [0.15, 0.2) is 28.7 Å². The SMILES string of the molecule is CCC(C)C1CCNCC1c1cccc(Br)c1. The molecule has 1 fully saturated rings. The van der Waals surface area contributed by atoms with Crippen LogP contribution in [0.25, 0.3) is 0 Å². The van der Waals surface area contributed by atoms with Gasteiger partial charge in [0.15, 0.2) is 0 Å². The summed E-state index contributed by atoms with van der Waals surface area (Å²) in [5, 5.41) is 3.55. The molecule has 0 amide bonds. The molecular formula is C15H22BrN. The number of rotatable bonds is 3. The number of hydrogen-bond donors (Lipinski definition) is 1. The topological polar surface area (TPSA) is 12.0 Å². The van der Waals surface area contributed by atoms with Crippen LogP contribution in [-0.2, 0) is 0 Å². The lowest BCUT2D eigenvalue weighted by Crippen LogP contribution is -2.37. The number of benzene rings is 1. The second-order valence-corrected chi connectivity index (χ2v) is 6.12. The van der Waals surface area contributed by atoms with E-state index >= 15 is 0 Å². The molecule has 3 atom stereocenters. The van der Waals surface area contributed by atoms with Gasteiger partial charge in [0, 0.05) is 11.0 Å². The molecule has 0 saturated carbocycles. The van der Waals surface area contributed by atoms with Gasteiger partial charge in [-0.15, -0.1) is 0 Å². The Kier molecular flexibility index (Phi) is 4.63. The normalized spacial score (nSPS) is 26.8. The summed E-state index contributed by atoms with van der Waals surface area (Å²) in [4.78, 5) is 0. The Morgan fingerprint density at radius 1 is 1.47 bits per heavy atom. The summed E-state index contributed by atoms with van der Waals surface area (Å²) in [5.41, 5.74) is 1.48. The van der Waals surface area contributed by atoms with E-state index < -0.39 is 0 Å². The lowest BCUT2D eigenvalue weighted by molar-refractivity contribution is 0.233. The van der Waals surface area contributed by atoms with Crippen LogP contribution in [0.5, 0.6) is 0 Å². The quantitative estimate of drug-likeness (QED) is 0.882. The van der Waals surface area contributed by atoms with E-state index in [0.29, 0.717) is 5.92 Å². The van der Waals surface area contributed by atoms with Crippen LogP contribution in [-0.4, -0.2) is 13.1 Å². The Bertz CT molecular complexity index is 364. The average molecular weight is 296 g/mol. The molecule has 0 aromatic heterocycles. The second-order valence-electron chi connectivity index (χ2n) is 5.20. The van der Waals surface area contributed by atoms with Gasteiger partial charge in [-0.05, 0) is 48.4 Å². The third-order valence-corrected chi connectivity index (χ3v) is 4.68. The van der Waals surface area contributed by atoms with Crippen molar-refractivity contribution in [2.75, 3.05) is 13.1 Å². The zero-order valence-corrected chi connectivity index (χ0v) is 12.3. The van der Waals surface area contributed by atoms with Crippen molar-refractivity contribution in [3.8, 4) is 0 Å². The van der Waals surface area contributed by atoms with Gasteiger partial charge in [-0.25, -0.2) is 0 Å². The van der Waals surface area contributed by atoms with E-state index in [1.165, 1.54) is 29.4 Å². The van der Waals surface area contributed by atoms with Crippen LogP contribution in [0.1, 0.15) is 38.2 Å². The van der Waals surface area contributed by atoms with Crippen molar-refractivity contribution in [1.82, 2.24) is 5.32 Å². The van der Waals surface area contributed by atoms with Gasteiger partial charge in [0.05, 0.1) is 0 Å². The minimum absolute atomic E-state index is 0.677.